The summed E-state index contributed by atoms with van der Waals surface area (Å²) in [6.07, 6.45) is 5.06. The summed E-state index contributed by atoms with van der Waals surface area (Å²) in [4.78, 5) is 2.70. The second-order valence-corrected chi connectivity index (χ2v) is 16.0. The Labute approximate surface area is 179 Å². The maximum Gasteiger partial charge on any atom is 0.191 e. The quantitative estimate of drug-likeness (QED) is 0.477. The molecule has 0 radical (unpaired) electrons. The molecule has 1 aromatic carbocycles. The Kier molecular flexibility index (Phi) is 6.16. The van der Waals surface area contributed by atoms with E-state index in [0.29, 0.717) is 17.0 Å². The molecular formula is C24H42N2O2Si. The maximum absolute atomic E-state index is 6.52. The van der Waals surface area contributed by atoms with Gasteiger partial charge in [0, 0.05) is 24.7 Å². The van der Waals surface area contributed by atoms with Crippen molar-refractivity contribution >= 4 is 14.0 Å². The zero-order valence-corrected chi connectivity index (χ0v) is 20.9. The maximum atomic E-state index is 6.52. The molecule has 0 atom stereocenters. The van der Waals surface area contributed by atoms with E-state index in [9.17, 15) is 0 Å². The van der Waals surface area contributed by atoms with Crippen LogP contribution < -0.4 is 10.5 Å². The number of nitrogen functional groups attached to an aromatic ring is 1. The lowest BCUT2D eigenvalue weighted by Crippen LogP contribution is -2.46. The largest absolute Gasteiger partial charge is 0.495 e. The van der Waals surface area contributed by atoms with Gasteiger partial charge in [-0.25, -0.2) is 0 Å². The molecule has 0 unspecified atom stereocenters. The summed E-state index contributed by atoms with van der Waals surface area (Å²) in [7, 11) is 0.0532. The van der Waals surface area contributed by atoms with Crippen molar-refractivity contribution < 1.29 is 9.16 Å². The topological polar surface area (TPSA) is 47.7 Å². The molecule has 0 aromatic heterocycles. The van der Waals surface area contributed by atoms with Gasteiger partial charge in [0.1, 0.15) is 5.75 Å². The summed E-state index contributed by atoms with van der Waals surface area (Å²) in [6.45, 7) is 18.3. The van der Waals surface area contributed by atoms with Crippen LogP contribution in [-0.2, 0) is 16.5 Å². The van der Waals surface area contributed by atoms with Crippen LogP contribution in [0.3, 0.4) is 0 Å². The normalized spacial score (nSPS) is 25.1. The van der Waals surface area contributed by atoms with Crippen LogP contribution in [0.5, 0.6) is 5.75 Å². The smallest absolute Gasteiger partial charge is 0.191 e. The number of nitrogens with zero attached hydrogens (tertiary/aromatic N) is 1. The highest BCUT2D eigenvalue weighted by Crippen LogP contribution is 2.46. The Bertz CT molecular complexity index is 731. The van der Waals surface area contributed by atoms with Crippen LogP contribution in [0.15, 0.2) is 12.1 Å². The fraction of sp³-hybridized carbons (Fsp3) is 0.750. The SMILES string of the molecule is COc1cc2c(cc1N)CN([C@H]1CC[C@H](CO[Si](C)(C)C(C)(C)C)CC1)C2(C)C. The standard InChI is InChI=1S/C24H42N2O2Si/c1-23(2,3)29(7,8)28-16-17-9-11-19(12-10-17)26-15-18-13-21(25)22(27-6)14-20(18)24(26,4)5/h13-14,17,19H,9-12,15-16,25H2,1-8H3/t17-,19-. The summed E-state index contributed by atoms with van der Waals surface area (Å²) in [5.74, 6) is 1.51. The van der Waals surface area contributed by atoms with E-state index in [-0.39, 0.29) is 5.54 Å². The Morgan fingerprint density at radius 3 is 2.31 bits per heavy atom. The number of ether oxygens (including phenoxy) is 1. The van der Waals surface area contributed by atoms with Crippen LogP contribution in [0.2, 0.25) is 18.1 Å². The van der Waals surface area contributed by atoms with E-state index < -0.39 is 8.32 Å². The van der Waals surface area contributed by atoms with Gasteiger partial charge in [-0.3, -0.25) is 4.90 Å². The van der Waals surface area contributed by atoms with Gasteiger partial charge in [-0.15, -0.1) is 0 Å². The lowest BCUT2D eigenvalue weighted by molar-refractivity contribution is 0.0418. The summed E-state index contributed by atoms with van der Waals surface area (Å²) in [5, 5.41) is 0.290. The van der Waals surface area contributed by atoms with Crippen LogP contribution in [0.25, 0.3) is 0 Å². The van der Waals surface area contributed by atoms with Crippen molar-refractivity contribution in [3.05, 3.63) is 23.3 Å². The van der Waals surface area contributed by atoms with Crippen LogP contribution >= 0.6 is 0 Å². The summed E-state index contributed by atoms with van der Waals surface area (Å²) in [6, 6.07) is 4.91. The second kappa shape index (κ2) is 7.90. The molecular weight excluding hydrogens is 376 g/mol. The minimum atomic E-state index is -1.65. The molecule has 29 heavy (non-hydrogen) atoms. The van der Waals surface area contributed by atoms with Gasteiger partial charge >= 0.3 is 0 Å². The van der Waals surface area contributed by atoms with Crippen molar-refractivity contribution in [1.82, 2.24) is 4.90 Å². The van der Waals surface area contributed by atoms with Gasteiger partial charge in [0.05, 0.1) is 12.8 Å². The first-order chi connectivity index (χ1) is 13.4. The van der Waals surface area contributed by atoms with Crippen LogP contribution in [0.1, 0.15) is 71.4 Å². The summed E-state index contributed by atoms with van der Waals surface area (Å²) >= 11 is 0. The van der Waals surface area contributed by atoms with E-state index in [1.807, 2.05) is 0 Å². The van der Waals surface area contributed by atoms with Gasteiger partial charge in [-0.05, 0) is 86.8 Å². The predicted molar refractivity (Wildman–Crippen MR) is 125 cm³/mol. The van der Waals surface area contributed by atoms with Crippen LogP contribution in [-0.4, -0.2) is 33.0 Å². The molecule has 1 fully saturated rings. The van der Waals surface area contributed by atoms with Crippen molar-refractivity contribution in [2.45, 2.75) is 96.6 Å². The number of nitrogens with two attached hydrogens (primary N) is 1. The zero-order chi connectivity index (χ0) is 21.6. The average molecular weight is 419 g/mol. The number of rotatable bonds is 5. The Balaban J connectivity index is 1.61. The number of methoxy groups -OCH3 is 1. The predicted octanol–water partition coefficient (Wildman–Crippen LogP) is 5.91. The fourth-order valence-electron chi connectivity index (χ4n) is 4.81. The first-order valence-corrected chi connectivity index (χ1v) is 14.1. The van der Waals surface area contributed by atoms with E-state index in [0.717, 1.165) is 24.6 Å². The van der Waals surface area contributed by atoms with E-state index in [1.165, 1.54) is 36.8 Å². The minimum absolute atomic E-state index is 0.0193. The monoisotopic (exact) mass is 418 g/mol. The molecule has 3 rings (SSSR count). The van der Waals surface area contributed by atoms with Crippen molar-refractivity contribution in [1.29, 1.82) is 0 Å². The van der Waals surface area contributed by atoms with Crippen molar-refractivity contribution in [2.24, 2.45) is 5.92 Å². The molecule has 1 aliphatic heterocycles. The number of fused-ring (bicyclic) bond motifs is 1. The van der Waals surface area contributed by atoms with E-state index >= 15 is 0 Å². The number of hydrogen-bond acceptors (Lipinski definition) is 4. The average Bonchev–Trinajstić information content (AvgIpc) is 2.89. The summed E-state index contributed by atoms with van der Waals surface area (Å²) in [5.41, 5.74) is 9.67. The van der Waals surface area contributed by atoms with Gasteiger partial charge in [0.25, 0.3) is 0 Å². The van der Waals surface area contributed by atoms with Crippen LogP contribution in [0.4, 0.5) is 5.69 Å². The molecule has 0 bridgehead atoms. The molecule has 4 nitrogen and oxygen atoms in total. The Morgan fingerprint density at radius 2 is 1.76 bits per heavy atom. The third-order valence-corrected chi connectivity index (χ3v) is 12.4. The van der Waals surface area contributed by atoms with Gasteiger partial charge < -0.3 is 14.9 Å². The third kappa shape index (κ3) is 4.37. The molecule has 164 valence electrons. The first-order valence-electron chi connectivity index (χ1n) is 11.2. The van der Waals surface area contributed by atoms with Gasteiger partial charge in [0.15, 0.2) is 8.32 Å². The molecule has 2 aliphatic rings. The molecule has 2 N–H and O–H groups in total. The molecule has 1 aliphatic carbocycles. The number of hydrogen-bond donors (Lipinski definition) is 1. The highest BCUT2D eigenvalue weighted by atomic mass is 28.4. The lowest BCUT2D eigenvalue weighted by Gasteiger charge is -2.43. The van der Waals surface area contributed by atoms with Crippen molar-refractivity contribution in [3.63, 3.8) is 0 Å². The summed E-state index contributed by atoms with van der Waals surface area (Å²) < 4.78 is 12.0. The lowest BCUT2D eigenvalue weighted by atomic mass is 9.84. The molecule has 1 aromatic rings. The van der Waals surface area contributed by atoms with Crippen molar-refractivity contribution in [2.75, 3.05) is 19.5 Å². The Morgan fingerprint density at radius 1 is 1.14 bits per heavy atom. The highest BCUT2D eigenvalue weighted by molar-refractivity contribution is 6.74. The van der Waals surface area contributed by atoms with Gasteiger partial charge in [-0.2, -0.15) is 0 Å². The molecule has 5 heteroatoms. The van der Waals surface area contributed by atoms with E-state index in [2.05, 4.69) is 64.7 Å². The van der Waals surface area contributed by atoms with E-state index in [4.69, 9.17) is 14.9 Å². The number of anilines is 1. The highest BCUT2D eigenvalue weighted by Gasteiger charge is 2.43. The van der Waals surface area contributed by atoms with E-state index in [1.54, 1.807) is 7.11 Å². The number of benzene rings is 1. The fourth-order valence-corrected chi connectivity index (χ4v) is 5.89. The molecule has 1 saturated carbocycles. The van der Waals surface area contributed by atoms with Gasteiger partial charge in [-0.1, -0.05) is 20.8 Å². The molecule has 0 amide bonds. The minimum Gasteiger partial charge on any atom is -0.495 e. The second-order valence-electron chi connectivity index (χ2n) is 11.2. The van der Waals surface area contributed by atoms with Crippen molar-refractivity contribution in [3.8, 4) is 5.75 Å². The molecule has 0 spiro atoms. The molecule has 0 saturated heterocycles. The first kappa shape index (κ1) is 22.6. The zero-order valence-electron chi connectivity index (χ0n) is 19.9. The molecule has 1 heterocycles. The third-order valence-electron chi connectivity index (χ3n) is 7.92. The Hall–Kier alpha value is -1.04. The van der Waals surface area contributed by atoms with Crippen LogP contribution in [0, 0.1) is 5.92 Å². The van der Waals surface area contributed by atoms with Gasteiger partial charge in [0.2, 0.25) is 0 Å².